The Morgan fingerprint density at radius 1 is 1.27 bits per heavy atom. The van der Waals surface area contributed by atoms with Gasteiger partial charge in [0, 0.05) is 6.08 Å². The van der Waals surface area contributed by atoms with Gasteiger partial charge in [-0.05, 0) is 51.9 Å². The van der Waals surface area contributed by atoms with E-state index in [2.05, 4.69) is 22.6 Å². The number of carbonyl (C=O) groups is 1. The number of benzene rings is 2. The van der Waals surface area contributed by atoms with E-state index in [9.17, 15) is 4.79 Å². The predicted octanol–water partition coefficient (Wildman–Crippen LogP) is 3.38. The summed E-state index contributed by atoms with van der Waals surface area (Å²) < 4.78 is 12.2. The van der Waals surface area contributed by atoms with Gasteiger partial charge in [-0.1, -0.05) is 30.3 Å². The number of nitrogens with two attached hydrogens (primary N) is 1. The minimum Gasteiger partial charge on any atom is -0.493 e. The molecule has 4 nitrogen and oxygen atoms in total. The van der Waals surface area contributed by atoms with Crippen LogP contribution >= 0.6 is 22.6 Å². The lowest BCUT2D eigenvalue weighted by Crippen LogP contribution is -2.05. The molecule has 2 rings (SSSR count). The van der Waals surface area contributed by atoms with Crippen LogP contribution in [0.5, 0.6) is 11.5 Å². The van der Waals surface area contributed by atoms with E-state index >= 15 is 0 Å². The van der Waals surface area contributed by atoms with Crippen molar-refractivity contribution in [1.29, 1.82) is 0 Å². The third-order valence-corrected chi connectivity index (χ3v) is 3.72. The summed E-state index contributed by atoms with van der Waals surface area (Å²) in [7, 11) is 1.59. The van der Waals surface area contributed by atoms with Gasteiger partial charge in [0.1, 0.15) is 6.61 Å². The SMILES string of the molecule is COc1cc(/C=C/C(N)=O)cc(I)c1OCc1ccccc1. The van der Waals surface area contributed by atoms with Gasteiger partial charge in [0.15, 0.2) is 11.5 Å². The quantitative estimate of drug-likeness (QED) is 0.588. The topological polar surface area (TPSA) is 61.5 Å². The molecule has 0 fully saturated rings. The third kappa shape index (κ3) is 4.49. The molecule has 1 amide bonds. The fraction of sp³-hybridized carbons (Fsp3) is 0.118. The summed E-state index contributed by atoms with van der Waals surface area (Å²) in [6, 6.07) is 13.6. The highest BCUT2D eigenvalue weighted by Gasteiger charge is 2.11. The number of hydrogen-bond donors (Lipinski definition) is 1. The molecule has 2 N–H and O–H groups in total. The first-order valence-corrected chi connectivity index (χ1v) is 7.70. The highest BCUT2D eigenvalue weighted by atomic mass is 127. The average Bonchev–Trinajstić information content (AvgIpc) is 2.52. The zero-order valence-electron chi connectivity index (χ0n) is 12.1. The van der Waals surface area contributed by atoms with Crippen LogP contribution in [0.1, 0.15) is 11.1 Å². The minimum atomic E-state index is -0.488. The lowest BCUT2D eigenvalue weighted by atomic mass is 10.2. The van der Waals surface area contributed by atoms with E-state index in [1.807, 2.05) is 42.5 Å². The molecule has 0 saturated carbocycles. The van der Waals surface area contributed by atoms with Gasteiger partial charge in [0.2, 0.25) is 5.91 Å². The maximum atomic E-state index is 10.8. The van der Waals surface area contributed by atoms with E-state index in [0.717, 1.165) is 14.7 Å². The maximum absolute atomic E-state index is 10.8. The van der Waals surface area contributed by atoms with Crippen LogP contribution < -0.4 is 15.2 Å². The lowest BCUT2D eigenvalue weighted by molar-refractivity contribution is -0.113. The van der Waals surface area contributed by atoms with E-state index in [1.54, 1.807) is 13.2 Å². The molecule has 0 aliphatic rings. The standard InChI is InChI=1S/C17H16INO3/c1-21-15-10-13(7-8-16(19)20)9-14(18)17(15)22-11-12-5-3-2-4-6-12/h2-10H,11H2,1H3,(H2,19,20)/b8-7+. The second-order valence-electron chi connectivity index (χ2n) is 4.54. The Morgan fingerprint density at radius 2 is 2.00 bits per heavy atom. The van der Waals surface area contributed by atoms with Crippen molar-refractivity contribution in [2.75, 3.05) is 7.11 Å². The Labute approximate surface area is 143 Å². The van der Waals surface area contributed by atoms with Crippen molar-refractivity contribution in [3.05, 3.63) is 63.2 Å². The number of halogens is 1. The van der Waals surface area contributed by atoms with Crippen molar-refractivity contribution in [2.24, 2.45) is 5.73 Å². The molecule has 0 bridgehead atoms. The third-order valence-electron chi connectivity index (χ3n) is 2.92. The minimum absolute atomic E-state index is 0.462. The van der Waals surface area contributed by atoms with Gasteiger partial charge < -0.3 is 15.2 Å². The molecular formula is C17H16INO3. The monoisotopic (exact) mass is 409 g/mol. The molecule has 22 heavy (non-hydrogen) atoms. The van der Waals surface area contributed by atoms with Crippen LogP contribution in [0, 0.1) is 3.57 Å². The molecule has 0 spiro atoms. The Kier molecular flexibility index (Phi) is 5.83. The van der Waals surface area contributed by atoms with Gasteiger partial charge in [-0.3, -0.25) is 4.79 Å². The summed E-state index contributed by atoms with van der Waals surface area (Å²) in [5, 5.41) is 0. The first-order valence-electron chi connectivity index (χ1n) is 6.62. The van der Waals surface area contributed by atoms with Crippen molar-refractivity contribution in [3.8, 4) is 11.5 Å². The van der Waals surface area contributed by atoms with E-state index < -0.39 is 5.91 Å². The first-order chi connectivity index (χ1) is 10.6. The smallest absolute Gasteiger partial charge is 0.241 e. The molecule has 0 unspecified atom stereocenters. The number of ether oxygens (including phenoxy) is 2. The van der Waals surface area contributed by atoms with Crippen molar-refractivity contribution in [1.82, 2.24) is 0 Å². The molecule has 2 aromatic carbocycles. The Hall–Kier alpha value is -2.02. The van der Waals surface area contributed by atoms with Crippen molar-refractivity contribution < 1.29 is 14.3 Å². The zero-order chi connectivity index (χ0) is 15.9. The number of primary amides is 1. The van der Waals surface area contributed by atoms with Crippen LogP contribution in [0.3, 0.4) is 0 Å². The summed E-state index contributed by atoms with van der Waals surface area (Å²) >= 11 is 2.18. The number of methoxy groups -OCH3 is 1. The molecule has 0 aromatic heterocycles. The van der Waals surface area contributed by atoms with Crippen LogP contribution in [0.4, 0.5) is 0 Å². The molecule has 0 radical (unpaired) electrons. The van der Waals surface area contributed by atoms with E-state index in [0.29, 0.717) is 18.1 Å². The fourth-order valence-corrected chi connectivity index (χ4v) is 2.67. The normalized spacial score (nSPS) is 10.6. The first kappa shape index (κ1) is 16.4. The number of amides is 1. The molecule has 0 aliphatic heterocycles. The van der Waals surface area contributed by atoms with E-state index in [4.69, 9.17) is 15.2 Å². The van der Waals surface area contributed by atoms with E-state index in [1.165, 1.54) is 6.08 Å². The fourth-order valence-electron chi connectivity index (χ4n) is 1.88. The molecular weight excluding hydrogens is 393 g/mol. The Bertz CT molecular complexity index is 684. The largest absolute Gasteiger partial charge is 0.493 e. The van der Waals surface area contributed by atoms with E-state index in [-0.39, 0.29) is 0 Å². The maximum Gasteiger partial charge on any atom is 0.241 e. The van der Waals surface area contributed by atoms with Gasteiger partial charge in [0.25, 0.3) is 0 Å². The van der Waals surface area contributed by atoms with Crippen LogP contribution in [0.15, 0.2) is 48.5 Å². The summed E-state index contributed by atoms with van der Waals surface area (Å²) in [6.07, 6.45) is 2.96. The molecule has 0 saturated heterocycles. The second-order valence-corrected chi connectivity index (χ2v) is 5.71. The lowest BCUT2D eigenvalue weighted by Gasteiger charge is -2.13. The van der Waals surface area contributed by atoms with Crippen molar-refractivity contribution in [3.63, 3.8) is 0 Å². The van der Waals surface area contributed by atoms with Crippen molar-refractivity contribution >= 4 is 34.6 Å². The number of hydrogen-bond acceptors (Lipinski definition) is 3. The molecule has 5 heteroatoms. The highest BCUT2D eigenvalue weighted by Crippen LogP contribution is 2.34. The predicted molar refractivity (Wildman–Crippen MR) is 94.7 cm³/mol. The molecule has 2 aromatic rings. The van der Waals surface area contributed by atoms with Crippen molar-refractivity contribution in [2.45, 2.75) is 6.61 Å². The average molecular weight is 409 g/mol. The van der Waals surface area contributed by atoms with Crippen LogP contribution in [0.2, 0.25) is 0 Å². The Balaban J connectivity index is 2.22. The molecule has 0 atom stereocenters. The van der Waals surface area contributed by atoms with Crippen LogP contribution in [-0.2, 0) is 11.4 Å². The molecule has 0 heterocycles. The van der Waals surface area contributed by atoms with Crippen LogP contribution in [0.25, 0.3) is 6.08 Å². The van der Waals surface area contributed by atoms with Gasteiger partial charge in [0.05, 0.1) is 10.7 Å². The summed E-state index contributed by atoms with van der Waals surface area (Å²) in [5.41, 5.74) is 7.01. The second kappa shape index (κ2) is 7.84. The Morgan fingerprint density at radius 3 is 2.64 bits per heavy atom. The molecule has 114 valence electrons. The summed E-state index contributed by atoms with van der Waals surface area (Å²) in [6.45, 7) is 0.462. The van der Waals surface area contributed by atoms with Gasteiger partial charge in [-0.25, -0.2) is 0 Å². The summed E-state index contributed by atoms with van der Waals surface area (Å²) in [4.78, 5) is 10.8. The van der Waals surface area contributed by atoms with Gasteiger partial charge in [-0.15, -0.1) is 0 Å². The van der Waals surface area contributed by atoms with Gasteiger partial charge in [-0.2, -0.15) is 0 Å². The summed E-state index contributed by atoms with van der Waals surface area (Å²) in [5.74, 6) is 0.813. The molecule has 0 aliphatic carbocycles. The highest BCUT2D eigenvalue weighted by molar-refractivity contribution is 14.1. The number of carbonyl (C=O) groups excluding carboxylic acids is 1. The van der Waals surface area contributed by atoms with Gasteiger partial charge >= 0.3 is 0 Å². The van der Waals surface area contributed by atoms with Crippen LogP contribution in [-0.4, -0.2) is 13.0 Å². The zero-order valence-corrected chi connectivity index (χ0v) is 14.2. The number of rotatable bonds is 6.